The number of rotatable bonds is 7. The van der Waals surface area contributed by atoms with Gasteiger partial charge in [-0.2, -0.15) is 5.10 Å². The Bertz CT molecular complexity index is 1300. The number of nitrogens with one attached hydrogen (secondary N) is 2. The molecule has 0 bridgehead atoms. The number of piperazine rings is 1. The molecule has 2 amide bonds. The Hall–Kier alpha value is -3.76. The number of aliphatic hydroxyl groups excluding tert-OH is 1. The van der Waals surface area contributed by atoms with Crippen LogP contribution in [0.15, 0.2) is 42.5 Å². The first kappa shape index (κ1) is 24.9. The Morgan fingerprint density at radius 1 is 1.05 bits per heavy atom. The number of carbonyl (C=O) groups is 3. The monoisotopic (exact) mass is 504 g/mol. The maximum absolute atomic E-state index is 12.9. The van der Waals surface area contributed by atoms with E-state index in [9.17, 15) is 19.5 Å². The molecule has 194 valence electrons. The highest BCUT2D eigenvalue weighted by Crippen LogP contribution is 2.23. The van der Waals surface area contributed by atoms with Crippen LogP contribution in [0.5, 0.6) is 0 Å². The van der Waals surface area contributed by atoms with Gasteiger partial charge in [0.2, 0.25) is 11.8 Å². The number of carbonyl (C=O) groups excluding carboxylic acids is 3. The first-order chi connectivity index (χ1) is 17.9. The lowest BCUT2D eigenvalue weighted by Crippen LogP contribution is -2.51. The van der Waals surface area contributed by atoms with Gasteiger partial charge in [-0.05, 0) is 62.4 Å². The van der Waals surface area contributed by atoms with Crippen molar-refractivity contribution in [3.63, 3.8) is 0 Å². The Morgan fingerprint density at radius 2 is 1.81 bits per heavy atom. The van der Waals surface area contributed by atoms with Crippen molar-refractivity contribution in [2.45, 2.75) is 20.0 Å². The number of ketones is 1. The van der Waals surface area contributed by atoms with Gasteiger partial charge in [0.15, 0.2) is 5.78 Å². The van der Waals surface area contributed by atoms with Crippen molar-refractivity contribution < 1.29 is 19.5 Å². The number of likely N-dealkylation sites (tertiary alicyclic amines) is 1. The predicted molar refractivity (Wildman–Crippen MR) is 140 cm³/mol. The number of nitrogens with zero attached hydrogens (tertiary/aromatic N) is 4. The summed E-state index contributed by atoms with van der Waals surface area (Å²) in [5.74, 6) is -0.0988. The van der Waals surface area contributed by atoms with Gasteiger partial charge in [-0.1, -0.05) is 0 Å². The third-order valence-electron chi connectivity index (χ3n) is 7.33. The molecule has 0 aliphatic carbocycles. The van der Waals surface area contributed by atoms with E-state index < -0.39 is 0 Å². The van der Waals surface area contributed by atoms with Crippen molar-refractivity contribution in [3.8, 4) is 0 Å². The zero-order valence-corrected chi connectivity index (χ0v) is 20.9. The highest BCUT2D eigenvalue weighted by Gasteiger charge is 2.31. The number of hydrogen-bond acceptors (Lipinski definition) is 7. The summed E-state index contributed by atoms with van der Waals surface area (Å²) in [5, 5.41) is 20.1. The molecule has 0 spiro atoms. The van der Waals surface area contributed by atoms with Crippen LogP contribution in [0.4, 0.5) is 11.4 Å². The van der Waals surface area contributed by atoms with E-state index in [0.717, 1.165) is 29.7 Å². The standard InChI is InChI=1S/C27H32N6O4/c1-18(35)19-2-5-22(6-3-19)32-10-12-33(13-11-32)26(36)16-31-9-8-20(15-31)27(37)28-21-4-7-24-23(14-21)25(17-34)30-29-24/h2-7,14,20,34H,8-13,15-17H2,1H3,(H,28,37)(H,29,30)/t20-/m1/s1. The van der Waals surface area contributed by atoms with Crippen molar-refractivity contribution in [1.29, 1.82) is 0 Å². The fraction of sp³-hybridized carbons (Fsp3) is 0.407. The number of aromatic nitrogens is 2. The number of aliphatic hydroxyl groups is 1. The normalized spacial score (nSPS) is 18.4. The van der Waals surface area contributed by atoms with Crippen molar-refractivity contribution in [1.82, 2.24) is 20.0 Å². The summed E-state index contributed by atoms with van der Waals surface area (Å²) < 4.78 is 0. The molecule has 2 aliphatic rings. The lowest BCUT2D eigenvalue weighted by Gasteiger charge is -2.36. The maximum Gasteiger partial charge on any atom is 0.236 e. The number of hydrogen-bond donors (Lipinski definition) is 3. The fourth-order valence-corrected chi connectivity index (χ4v) is 5.11. The molecular weight excluding hydrogens is 472 g/mol. The second-order valence-electron chi connectivity index (χ2n) is 9.77. The Balaban J connectivity index is 1.09. The van der Waals surface area contributed by atoms with Crippen molar-refractivity contribution >= 4 is 39.9 Å². The summed E-state index contributed by atoms with van der Waals surface area (Å²) in [7, 11) is 0. The number of benzene rings is 2. The van der Waals surface area contributed by atoms with Gasteiger partial charge >= 0.3 is 0 Å². The summed E-state index contributed by atoms with van der Waals surface area (Å²) in [5.41, 5.74) is 3.77. The third-order valence-corrected chi connectivity index (χ3v) is 7.33. The zero-order valence-electron chi connectivity index (χ0n) is 20.9. The average Bonchev–Trinajstić information content (AvgIpc) is 3.55. The highest BCUT2D eigenvalue weighted by molar-refractivity contribution is 5.96. The molecule has 1 atom stereocenters. The lowest BCUT2D eigenvalue weighted by atomic mass is 10.1. The van der Waals surface area contributed by atoms with Crippen molar-refractivity contribution in [3.05, 3.63) is 53.7 Å². The molecule has 0 radical (unpaired) electrons. The van der Waals surface area contributed by atoms with E-state index in [4.69, 9.17) is 0 Å². The maximum atomic E-state index is 12.9. The van der Waals surface area contributed by atoms with Crippen LogP contribution in [-0.2, 0) is 16.2 Å². The van der Waals surface area contributed by atoms with E-state index >= 15 is 0 Å². The lowest BCUT2D eigenvalue weighted by molar-refractivity contribution is -0.132. The van der Waals surface area contributed by atoms with Crippen LogP contribution in [0.1, 0.15) is 29.4 Å². The molecule has 0 unspecified atom stereocenters. The van der Waals surface area contributed by atoms with E-state index in [2.05, 4.69) is 25.3 Å². The Morgan fingerprint density at radius 3 is 2.51 bits per heavy atom. The van der Waals surface area contributed by atoms with Gasteiger partial charge in [0, 0.05) is 55.0 Å². The van der Waals surface area contributed by atoms with Crippen LogP contribution in [0.2, 0.25) is 0 Å². The topological polar surface area (TPSA) is 122 Å². The van der Waals surface area contributed by atoms with Crippen molar-refractivity contribution in [2.75, 3.05) is 56.0 Å². The number of amides is 2. The molecular formula is C27H32N6O4. The smallest absolute Gasteiger partial charge is 0.236 e. The summed E-state index contributed by atoms with van der Waals surface area (Å²) in [4.78, 5) is 43.5. The van der Waals surface area contributed by atoms with Gasteiger partial charge in [-0.3, -0.25) is 24.4 Å². The number of anilines is 2. The summed E-state index contributed by atoms with van der Waals surface area (Å²) >= 11 is 0. The third kappa shape index (κ3) is 5.50. The first-order valence-corrected chi connectivity index (χ1v) is 12.7. The van der Waals surface area contributed by atoms with Gasteiger partial charge in [-0.25, -0.2) is 0 Å². The minimum atomic E-state index is -0.181. The van der Waals surface area contributed by atoms with E-state index in [-0.39, 0.29) is 30.1 Å². The number of H-pyrrole nitrogens is 1. The highest BCUT2D eigenvalue weighted by atomic mass is 16.3. The van der Waals surface area contributed by atoms with Crippen LogP contribution in [0, 0.1) is 5.92 Å². The van der Waals surface area contributed by atoms with Gasteiger partial charge in [-0.15, -0.1) is 0 Å². The quantitative estimate of drug-likeness (QED) is 0.420. The molecule has 2 fully saturated rings. The van der Waals surface area contributed by atoms with E-state index in [1.54, 1.807) is 19.1 Å². The molecule has 3 aromatic rings. The van der Waals surface area contributed by atoms with Gasteiger partial charge in [0.1, 0.15) is 0 Å². The second-order valence-corrected chi connectivity index (χ2v) is 9.77. The minimum Gasteiger partial charge on any atom is -0.390 e. The molecule has 3 N–H and O–H groups in total. The van der Waals surface area contributed by atoms with Crippen LogP contribution in [0.25, 0.3) is 10.9 Å². The molecule has 5 rings (SSSR count). The van der Waals surface area contributed by atoms with E-state index in [1.807, 2.05) is 35.2 Å². The predicted octanol–water partition coefficient (Wildman–Crippen LogP) is 1.87. The van der Waals surface area contributed by atoms with Crippen molar-refractivity contribution in [2.24, 2.45) is 5.92 Å². The Labute approximate surface area is 215 Å². The van der Waals surface area contributed by atoms with Crippen LogP contribution in [0.3, 0.4) is 0 Å². The summed E-state index contributed by atoms with van der Waals surface area (Å²) in [6.45, 7) is 5.78. The Kier molecular flexibility index (Phi) is 7.20. The fourth-order valence-electron chi connectivity index (χ4n) is 5.11. The SMILES string of the molecule is CC(=O)c1ccc(N2CCN(C(=O)CN3CC[C@@H](C(=O)Nc4ccc5n[nH]c(CO)c5c4)C3)CC2)cc1. The van der Waals surface area contributed by atoms with E-state index in [0.29, 0.717) is 56.1 Å². The molecule has 37 heavy (non-hydrogen) atoms. The minimum absolute atomic E-state index is 0.0518. The molecule has 2 saturated heterocycles. The molecule has 10 heteroatoms. The first-order valence-electron chi connectivity index (χ1n) is 12.7. The summed E-state index contributed by atoms with van der Waals surface area (Å²) in [6, 6.07) is 13.0. The molecule has 2 aliphatic heterocycles. The molecule has 2 aromatic carbocycles. The van der Waals surface area contributed by atoms with Crippen LogP contribution >= 0.6 is 0 Å². The molecule has 1 aromatic heterocycles. The van der Waals surface area contributed by atoms with Crippen LogP contribution < -0.4 is 10.2 Å². The van der Waals surface area contributed by atoms with Crippen LogP contribution in [-0.4, -0.2) is 88.5 Å². The van der Waals surface area contributed by atoms with E-state index in [1.165, 1.54) is 0 Å². The average molecular weight is 505 g/mol. The second kappa shape index (κ2) is 10.7. The number of Topliss-reactive ketones (excluding diaryl/α,β-unsaturated/α-hetero) is 1. The van der Waals surface area contributed by atoms with Gasteiger partial charge in [0.25, 0.3) is 0 Å². The summed E-state index contributed by atoms with van der Waals surface area (Å²) in [6.07, 6.45) is 0.707. The van der Waals surface area contributed by atoms with Gasteiger partial charge < -0.3 is 20.2 Å². The molecule has 10 nitrogen and oxygen atoms in total. The number of aromatic amines is 1. The molecule has 0 saturated carbocycles. The zero-order chi connectivity index (χ0) is 25.9. The number of fused-ring (bicyclic) bond motifs is 1. The van der Waals surface area contributed by atoms with Gasteiger partial charge in [0.05, 0.1) is 30.3 Å². The molecule has 3 heterocycles. The largest absolute Gasteiger partial charge is 0.390 e.